The first kappa shape index (κ1) is 16.7. The molecule has 2 aliphatic carbocycles. The van der Waals surface area contributed by atoms with Crippen LogP contribution in [-0.2, 0) is 4.79 Å². The van der Waals surface area contributed by atoms with E-state index in [0.29, 0.717) is 17.6 Å². The van der Waals surface area contributed by atoms with E-state index < -0.39 is 0 Å². The highest BCUT2D eigenvalue weighted by molar-refractivity contribution is 5.92. The number of hydrogen-bond acceptors (Lipinski definition) is 2. The molecule has 0 heterocycles. The van der Waals surface area contributed by atoms with Gasteiger partial charge in [-0.25, -0.2) is 0 Å². The second-order valence-electron chi connectivity index (χ2n) is 8.31. The van der Waals surface area contributed by atoms with Gasteiger partial charge in [-0.1, -0.05) is 39.7 Å². The Hall–Kier alpha value is -0.630. The van der Waals surface area contributed by atoms with E-state index in [4.69, 9.17) is 5.11 Å². The van der Waals surface area contributed by atoms with Crippen LogP contribution < -0.4 is 0 Å². The van der Waals surface area contributed by atoms with Gasteiger partial charge in [0.2, 0.25) is 0 Å². The Morgan fingerprint density at radius 3 is 2.67 bits per heavy atom. The van der Waals surface area contributed by atoms with Crippen LogP contribution in [-0.4, -0.2) is 17.5 Å². The molecule has 0 aromatic rings. The molecule has 0 spiro atoms. The average Bonchev–Trinajstić information content (AvgIpc) is 2.38. The van der Waals surface area contributed by atoms with Crippen molar-refractivity contribution in [3.05, 3.63) is 11.6 Å². The van der Waals surface area contributed by atoms with Gasteiger partial charge in [0.25, 0.3) is 0 Å². The van der Waals surface area contributed by atoms with Crippen molar-refractivity contribution in [2.45, 2.75) is 72.6 Å². The zero-order valence-electron chi connectivity index (χ0n) is 14.2. The summed E-state index contributed by atoms with van der Waals surface area (Å²) in [4.78, 5) is 12.2. The number of fused-ring (bicyclic) bond motifs is 1. The van der Waals surface area contributed by atoms with E-state index in [9.17, 15) is 4.79 Å². The van der Waals surface area contributed by atoms with Crippen molar-refractivity contribution in [3.63, 3.8) is 0 Å². The van der Waals surface area contributed by atoms with Gasteiger partial charge in [0.15, 0.2) is 5.78 Å². The molecule has 1 N–H and O–H groups in total. The molecule has 0 saturated heterocycles. The van der Waals surface area contributed by atoms with E-state index in [1.54, 1.807) is 0 Å². The van der Waals surface area contributed by atoms with Gasteiger partial charge in [-0.15, -0.1) is 0 Å². The standard InChI is InChI=1S/C19H32O2/c1-14(8-11-20)6-7-15-12-16(21)13-17-18(2,3)9-5-10-19(15,17)4/h12,14,17,20H,5-11,13H2,1-4H3/t14-,17+,19+/m0/s1. The molecule has 0 aliphatic heterocycles. The summed E-state index contributed by atoms with van der Waals surface area (Å²) in [6.07, 6.45) is 9.43. The van der Waals surface area contributed by atoms with Crippen molar-refractivity contribution in [2.75, 3.05) is 6.61 Å². The Bertz CT molecular complexity index is 421. The van der Waals surface area contributed by atoms with E-state index in [0.717, 1.165) is 25.7 Å². The maximum absolute atomic E-state index is 12.2. The van der Waals surface area contributed by atoms with Crippen LogP contribution in [0, 0.1) is 22.7 Å². The number of hydrogen-bond donors (Lipinski definition) is 1. The fourth-order valence-corrected chi connectivity index (χ4v) is 4.75. The molecule has 0 bridgehead atoms. The van der Waals surface area contributed by atoms with Crippen molar-refractivity contribution in [3.8, 4) is 0 Å². The van der Waals surface area contributed by atoms with Crippen LogP contribution in [0.15, 0.2) is 11.6 Å². The fraction of sp³-hybridized carbons (Fsp3) is 0.842. The van der Waals surface area contributed by atoms with E-state index >= 15 is 0 Å². The maximum Gasteiger partial charge on any atom is 0.155 e. The Morgan fingerprint density at radius 2 is 2.00 bits per heavy atom. The van der Waals surface area contributed by atoms with Crippen LogP contribution in [0.4, 0.5) is 0 Å². The minimum atomic E-state index is 0.217. The normalized spacial score (nSPS) is 33.3. The fourth-order valence-electron chi connectivity index (χ4n) is 4.75. The lowest BCUT2D eigenvalue weighted by Gasteiger charge is -2.54. The molecule has 0 amide bonds. The molecule has 2 aliphatic rings. The highest BCUT2D eigenvalue weighted by Crippen LogP contribution is 2.58. The number of carbonyl (C=O) groups is 1. The first-order valence-corrected chi connectivity index (χ1v) is 8.64. The summed E-state index contributed by atoms with van der Waals surface area (Å²) in [5.41, 5.74) is 1.88. The second kappa shape index (κ2) is 6.24. The molecule has 0 radical (unpaired) electrons. The Morgan fingerprint density at radius 1 is 1.29 bits per heavy atom. The molecule has 21 heavy (non-hydrogen) atoms. The Kier molecular flexibility index (Phi) is 4.97. The van der Waals surface area contributed by atoms with Gasteiger partial charge in [0, 0.05) is 13.0 Å². The second-order valence-corrected chi connectivity index (χ2v) is 8.31. The minimum Gasteiger partial charge on any atom is -0.396 e. The predicted molar refractivity (Wildman–Crippen MR) is 87.0 cm³/mol. The summed E-state index contributed by atoms with van der Waals surface area (Å²) in [6.45, 7) is 9.56. The maximum atomic E-state index is 12.2. The van der Waals surface area contributed by atoms with E-state index in [1.807, 2.05) is 6.08 Å². The van der Waals surface area contributed by atoms with Gasteiger partial charge in [0.1, 0.15) is 0 Å². The molecular weight excluding hydrogens is 260 g/mol. The molecule has 1 fully saturated rings. The lowest BCUT2D eigenvalue weighted by Crippen LogP contribution is -2.46. The SMILES string of the molecule is C[C@H](CCO)CCC1=CC(=O)C[C@@H]2C(C)(C)CCC[C@]12C. The quantitative estimate of drug-likeness (QED) is 0.809. The zero-order valence-corrected chi connectivity index (χ0v) is 14.2. The first-order valence-electron chi connectivity index (χ1n) is 8.64. The summed E-state index contributed by atoms with van der Waals surface area (Å²) >= 11 is 0. The Labute approximate surface area is 130 Å². The monoisotopic (exact) mass is 292 g/mol. The van der Waals surface area contributed by atoms with Crippen LogP contribution in [0.25, 0.3) is 0 Å². The third-order valence-corrected chi connectivity index (χ3v) is 6.23. The van der Waals surface area contributed by atoms with Gasteiger partial charge in [0.05, 0.1) is 0 Å². The summed E-state index contributed by atoms with van der Waals surface area (Å²) < 4.78 is 0. The predicted octanol–water partition coefficient (Wildman–Crippen LogP) is 4.52. The third-order valence-electron chi connectivity index (χ3n) is 6.23. The molecule has 2 rings (SSSR count). The van der Waals surface area contributed by atoms with Crippen molar-refractivity contribution < 1.29 is 9.90 Å². The number of allylic oxidation sites excluding steroid dienone is 2. The van der Waals surface area contributed by atoms with E-state index in [-0.39, 0.29) is 17.4 Å². The van der Waals surface area contributed by atoms with Gasteiger partial charge in [-0.05, 0) is 60.8 Å². The number of aliphatic hydroxyl groups excluding tert-OH is 1. The largest absolute Gasteiger partial charge is 0.396 e. The van der Waals surface area contributed by atoms with Crippen LogP contribution in [0.1, 0.15) is 72.6 Å². The smallest absolute Gasteiger partial charge is 0.155 e. The molecule has 120 valence electrons. The highest BCUT2D eigenvalue weighted by atomic mass is 16.3. The van der Waals surface area contributed by atoms with Crippen LogP contribution in [0.5, 0.6) is 0 Å². The van der Waals surface area contributed by atoms with Gasteiger partial charge >= 0.3 is 0 Å². The van der Waals surface area contributed by atoms with Crippen LogP contribution in [0.2, 0.25) is 0 Å². The molecule has 1 saturated carbocycles. The van der Waals surface area contributed by atoms with Gasteiger partial charge < -0.3 is 5.11 Å². The first-order chi connectivity index (χ1) is 9.79. The van der Waals surface area contributed by atoms with Crippen molar-refractivity contribution in [1.82, 2.24) is 0 Å². The van der Waals surface area contributed by atoms with E-state index in [2.05, 4.69) is 27.7 Å². The number of ketones is 1. The molecule has 2 nitrogen and oxygen atoms in total. The van der Waals surface area contributed by atoms with E-state index in [1.165, 1.54) is 24.8 Å². The van der Waals surface area contributed by atoms with Crippen molar-refractivity contribution in [1.29, 1.82) is 0 Å². The molecule has 0 aromatic carbocycles. The zero-order chi connectivity index (χ0) is 15.7. The highest BCUT2D eigenvalue weighted by Gasteiger charge is 2.50. The lowest BCUT2D eigenvalue weighted by molar-refractivity contribution is -0.120. The number of carbonyl (C=O) groups excluding carboxylic acids is 1. The van der Waals surface area contributed by atoms with Gasteiger partial charge in [-0.2, -0.15) is 0 Å². The molecule has 0 aromatic heterocycles. The minimum absolute atomic E-state index is 0.217. The van der Waals surface area contributed by atoms with Gasteiger partial charge in [-0.3, -0.25) is 4.79 Å². The number of aliphatic hydroxyl groups is 1. The Balaban J connectivity index is 2.17. The third kappa shape index (κ3) is 3.41. The lowest BCUT2D eigenvalue weighted by atomic mass is 9.50. The average molecular weight is 292 g/mol. The summed E-state index contributed by atoms with van der Waals surface area (Å²) in [5, 5.41) is 9.05. The van der Waals surface area contributed by atoms with Crippen molar-refractivity contribution in [2.24, 2.45) is 22.7 Å². The van der Waals surface area contributed by atoms with Crippen molar-refractivity contribution >= 4 is 5.78 Å². The molecule has 3 atom stereocenters. The van der Waals surface area contributed by atoms with Crippen LogP contribution in [0.3, 0.4) is 0 Å². The molecule has 0 unspecified atom stereocenters. The topological polar surface area (TPSA) is 37.3 Å². The summed E-state index contributed by atoms with van der Waals surface area (Å²) in [7, 11) is 0. The number of rotatable bonds is 5. The molecule has 2 heteroatoms. The summed E-state index contributed by atoms with van der Waals surface area (Å²) in [6, 6.07) is 0. The molecular formula is C19H32O2. The van der Waals surface area contributed by atoms with Crippen LogP contribution >= 0.6 is 0 Å². The summed E-state index contributed by atoms with van der Waals surface area (Å²) in [5.74, 6) is 1.36.